The molecule has 1 nitrogen and oxygen atoms in total. The van der Waals surface area contributed by atoms with Gasteiger partial charge in [-0.1, -0.05) is 44.0 Å². The highest BCUT2D eigenvalue weighted by Gasteiger charge is 2.07. The van der Waals surface area contributed by atoms with Crippen molar-refractivity contribution in [3.05, 3.63) is 51.5 Å². The highest BCUT2D eigenvalue weighted by atomic mass is 79.9. The molecule has 1 radical (unpaired) electrons. The maximum Gasteiger partial charge on any atom is 0.0725 e. The summed E-state index contributed by atoms with van der Waals surface area (Å²) in [6.45, 7) is 0. The fraction of sp³-hybridized carbons (Fsp3) is 0. The zero-order chi connectivity index (χ0) is 9.97. The SMILES string of the molecule is Brc1cccc(Br)c1-c1cc[c]cn1. The summed E-state index contributed by atoms with van der Waals surface area (Å²) in [5.41, 5.74) is 2.00. The minimum Gasteiger partial charge on any atom is -0.256 e. The van der Waals surface area contributed by atoms with E-state index in [1.165, 1.54) is 0 Å². The summed E-state index contributed by atoms with van der Waals surface area (Å²) in [4.78, 5) is 4.26. The molecule has 0 amide bonds. The molecular weight excluding hydrogens is 306 g/mol. The van der Waals surface area contributed by atoms with Crippen molar-refractivity contribution < 1.29 is 0 Å². The van der Waals surface area contributed by atoms with E-state index in [0.717, 1.165) is 20.2 Å². The Bertz CT molecular complexity index is 420. The van der Waals surface area contributed by atoms with Crippen molar-refractivity contribution in [2.24, 2.45) is 0 Å². The molecule has 1 aromatic heterocycles. The standard InChI is InChI=1S/C11H6Br2N/c12-8-4-3-5-9(13)11(8)10-6-1-2-7-14-10/h1,3-7H. The van der Waals surface area contributed by atoms with Gasteiger partial charge in [0, 0.05) is 26.8 Å². The number of pyridine rings is 1. The zero-order valence-electron chi connectivity index (χ0n) is 7.17. The van der Waals surface area contributed by atoms with E-state index >= 15 is 0 Å². The van der Waals surface area contributed by atoms with Crippen LogP contribution >= 0.6 is 31.9 Å². The second-order valence-corrected chi connectivity index (χ2v) is 4.45. The number of halogens is 2. The van der Waals surface area contributed by atoms with Gasteiger partial charge in [-0.3, -0.25) is 4.98 Å². The lowest BCUT2D eigenvalue weighted by Crippen LogP contribution is -1.84. The van der Waals surface area contributed by atoms with Crippen molar-refractivity contribution in [1.29, 1.82) is 0 Å². The van der Waals surface area contributed by atoms with Crippen LogP contribution in [-0.4, -0.2) is 4.98 Å². The molecule has 0 saturated carbocycles. The summed E-state index contributed by atoms with van der Waals surface area (Å²) in [5, 5.41) is 0. The van der Waals surface area contributed by atoms with Crippen LogP contribution in [0.2, 0.25) is 0 Å². The van der Waals surface area contributed by atoms with Crippen molar-refractivity contribution >= 4 is 31.9 Å². The van der Waals surface area contributed by atoms with Crippen LogP contribution in [0.5, 0.6) is 0 Å². The number of hydrogen-bond donors (Lipinski definition) is 0. The predicted octanol–water partition coefficient (Wildman–Crippen LogP) is 4.07. The molecule has 0 spiro atoms. The Morgan fingerprint density at radius 2 is 1.79 bits per heavy atom. The van der Waals surface area contributed by atoms with Crippen LogP contribution in [-0.2, 0) is 0 Å². The van der Waals surface area contributed by atoms with Gasteiger partial charge in [0.05, 0.1) is 5.69 Å². The van der Waals surface area contributed by atoms with Crippen LogP contribution in [0.15, 0.2) is 45.5 Å². The molecule has 0 atom stereocenters. The van der Waals surface area contributed by atoms with Gasteiger partial charge >= 0.3 is 0 Å². The molecule has 0 unspecified atom stereocenters. The fourth-order valence-corrected chi connectivity index (χ4v) is 2.61. The van der Waals surface area contributed by atoms with E-state index in [1.807, 2.05) is 30.3 Å². The molecule has 1 aromatic carbocycles. The lowest BCUT2D eigenvalue weighted by molar-refractivity contribution is 1.31. The molecule has 0 aliphatic carbocycles. The van der Waals surface area contributed by atoms with Gasteiger partial charge in [-0.15, -0.1) is 0 Å². The second kappa shape index (κ2) is 4.24. The number of benzene rings is 1. The van der Waals surface area contributed by atoms with Gasteiger partial charge in [0.25, 0.3) is 0 Å². The summed E-state index contributed by atoms with van der Waals surface area (Å²) in [6, 6.07) is 12.7. The lowest BCUT2D eigenvalue weighted by Gasteiger charge is -2.05. The van der Waals surface area contributed by atoms with Crippen LogP contribution in [0.1, 0.15) is 0 Å². The summed E-state index contributed by atoms with van der Waals surface area (Å²) in [7, 11) is 0. The summed E-state index contributed by atoms with van der Waals surface area (Å²) in [6.07, 6.45) is 1.67. The van der Waals surface area contributed by atoms with E-state index < -0.39 is 0 Å². The Morgan fingerprint density at radius 3 is 2.36 bits per heavy atom. The highest BCUT2D eigenvalue weighted by molar-refractivity contribution is 9.11. The first-order valence-electron chi connectivity index (χ1n) is 4.05. The summed E-state index contributed by atoms with van der Waals surface area (Å²) >= 11 is 7.01. The van der Waals surface area contributed by atoms with Crippen molar-refractivity contribution in [2.45, 2.75) is 0 Å². The van der Waals surface area contributed by atoms with E-state index in [-0.39, 0.29) is 0 Å². The van der Waals surface area contributed by atoms with Crippen LogP contribution in [0, 0.1) is 6.07 Å². The number of hydrogen-bond acceptors (Lipinski definition) is 1. The molecule has 0 saturated heterocycles. The Labute approximate surface area is 99.4 Å². The number of nitrogens with zero attached hydrogens (tertiary/aromatic N) is 1. The van der Waals surface area contributed by atoms with Crippen LogP contribution < -0.4 is 0 Å². The van der Waals surface area contributed by atoms with Gasteiger partial charge < -0.3 is 0 Å². The van der Waals surface area contributed by atoms with Crippen LogP contribution in [0.25, 0.3) is 11.3 Å². The molecule has 2 aromatic rings. The van der Waals surface area contributed by atoms with E-state index in [2.05, 4.69) is 42.9 Å². The van der Waals surface area contributed by atoms with E-state index in [1.54, 1.807) is 6.20 Å². The number of aromatic nitrogens is 1. The van der Waals surface area contributed by atoms with Gasteiger partial charge in [-0.2, -0.15) is 0 Å². The molecule has 0 aliphatic heterocycles. The van der Waals surface area contributed by atoms with E-state index in [4.69, 9.17) is 0 Å². The van der Waals surface area contributed by atoms with Gasteiger partial charge in [-0.25, -0.2) is 0 Å². The van der Waals surface area contributed by atoms with Crippen LogP contribution in [0.4, 0.5) is 0 Å². The van der Waals surface area contributed by atoms with Gasteiger partial charge in [-0.05, 0) is 18.2 Å². The molecule has 0 fully saturated rings. The van der Waals surface area contributed by atoms with Crippen molar-refractivity contribution in [3.63, 3.8) is 0 Å². The third-order valence-electron chi connectivity index (χ3n) is 1.83. The monoisotopic (exact) mass is 310 g/mol. The zero-order valence-corrected chi connectivity index (χ0v) is 10.3. The number of rotatable bonds is 1. The molecule has 0 N–H and O–H groups in total. The predicted molar refractivity (Wildman–Crippen MR) is 63.9 cm³/mol. The molecule has 3 heteroatoms. The molecule has 0 bridgehead atoms. The highest BCUT2D eigenvalue weighted by Crippen LogP contribution is 2.33. The third-order valence-corrected chi connectivity index (χ3v) is 3.16. The average Bonchev–Trinajstić information content (AvgIpc) is 2.19. The molecule has 2 rings (SSSR count). The summed E-state index contributed by atoms with van der Waals surface area (Å²) < 4.78 is 2.07. The molecule has 14 heavy (non-hydrogen) atoms. The van der Waals surface area contributed by atoms with E-state index in [9.17, 15) is 0 Å². The fourth-order valence-electron chi connectivity index (χ4n) is 1.21. The van der Waals surface area contributed by atoms with Gasteiger partial charge in [0.2, 0.25) is 0 Å². The first-order chi connectivity index (χ1) is 6.79. The van der Waals surface area contributed by atoms with Gasteiger partial charge in [0.1, 0.15) is 0 Å². The normalized spacial score (nSPS) is 10.1. The second-order valence-electron chi connectivity index (χ2n) is 2.74. The largest absolute Gasteiger partial charge is 0.256 e. The third kappa shape index (κ3) is 1.88. The van der Waals surface area contributed by atoms with Crippen molar-refractivity contribution in [1.82, 2.24) is 4.98 Å². The average molecular weight is 312 g/mol. The Morgan fingerprint density at radius 1 is 1.07 bits per heavy atom. The first kappa shape index (κ1) is 9.87. The molecule has 69 valence electrons. The van der Waals surface area contributed by atoms with Crippen LogP contribution in [0.3, 0.4) is 0 Å². The van der Waals surface area contributed by atoms with Crippen molar-refractivity contribution in [3.8, 4) is 11.3 Å². The van der Waals surface area contributed by atoms with Crippen molar-refractivity contribution in [2.75, 3.05) is 0 Å². The Hall–Kier alpha value is -0.670. The Balaban J connectivity index is 2.63. The molecule has 1 heterocycles. The maximum absolute atomic E-state index is 4.26. The Kier molecular flexibility index (Phi) is 2.99. The minimum atomic E-state index is 0.933. The quantitative estimate of drug-likeness (QED) is 0.773. The minimum absolute atomic E-state index is 0.933. The molecular formula is C11H6Br2N. The topological polar surface area (TPSA) is 12.9 Å². The molecule has 0 aliphatic rings. The van der Waals surface area contributed by atoms with Gasteiger partial charge in [0.15, 0.2) is 0 Å². The maximum atomic E-state index is 4.26. The smallest absolute Gasteiger partial charge is 0.0725 e. The van der Waals surface area contributed by atoms with E-state index in [0.29, 0.717) is 0 Å². The summed E-state index contributed by atoms with van der Waals surface area (Å²) in [5.74, 6) is 0. The first-order valence-corrected chi connectivity index (χ1v) is 5.64. The lowest BCUT2D eigenvalue weighted by atomic mass is 10.1.